The molecule has 3 aromatic carbocycles. The predicted octanol–water partition coefficient (Wildman–Crippen LogP) is 3.16. The van der Waals surface area contributed by atoms with Crippen LogP contribution in [0.2, 0.25) is 0 Å². The second kappa shape index (κ2) is 10.6. The molecule has 0 fully saturated rings. The summed E-state index contributed by atoms with van der Waals surface area (Å²) in [6.45, 7) is 7.45. The smallest absolute Gasteiger partial charge is 0.241 e. The van der Waals surface area contributed by atoms with E-state index in [9.17, 15) is 23.1 Å². The van der Waals surface area contributed by atoms with Crippen LogP contribution in [-0.2, 0) is 14.8 Å². The highest BCUT2D eigenvalue weighted by molar-refractivity contribution is 7.89. The van der Waals surface area contributed by atoms with Gasteiger partial charge >= 0.3 is 0 Å². The van der Waals surface area contributed by atoms with E-state index in [0.29, 0.717) is 5.56 Å². The van der Waals surface area contributed by atoms with E-state index in [4.69, 9.17) is 0 Å². The van der Waals surface area contributed by atoms with Crippen molar-refractivity contribution in [2.45, 2.75) is 57.2 Å². The van der Waals surface area contributed by atoms with Gasteiger partial charge in [-0.05, 0) is 36.0 Å². The lowest BCUT2D eigenvalue weighted by Crippen LogP contribution is -2.52. The number of sulfonamides is 1. The Bertz CT molecular complexity index is 1210. The lowest BCUT2D eigenvalue weighted by molar-refractivity contribution is -0.125. The average molecular weight is 485 g/mol. The summed E-state index contributed by atoms with van der Waals surface area (Å²) < 4.78 is 28.2. The Labute approximate surface area is 201 Å². The summed E-state index contributed by atoms with van der Waals surface area (Å²) in [5.74, 6) is -0.711. The quantitative estimate of drug-likeness (QED) is 0.387. The summed E-state index contributed by atoms with van der Waals surface area (Å²) >= 11 is 0. The highest BCUT2D eigenvalue weighted by atomic mass is 32.2. The van der Waals surface area contributed by atoms with Crippen molar-refractivity contribution in [2.75, 3.05) is 0 Å². The van der Waals surface area contributed by atoms with Crippen LogP contribution in [0.3, 0.4) is 0 Å². The molecule has 182 valence electrons. The molecule has 7 nitrogen and oxygen atoms in total. The molecule has 0 saturated heterocycles. The van der Waals surface area contributed by atoms with Crippen molar-refractivity contribution in [1.82, 2.24) is 10.0 Å². The van der Waals surface area contributed by atoms with Crippen LogP contribution in [0, 0.1) is 11.8 Å². The van der Waals surface area contributed by atoms with Crippen LogP contribution in [0.5, 0.6) is 0 Å². The van der Waals surface area contributed by atoms with E-state index in [1.54, 1.807) is 30.3 Å². The second-order valence-electron chi connectivity index (χ2n) is 9.32. The van der Waals surface area contributed by atoms with Crippen LogP contribution in [0.1, 0.15) is 45.8 Å². The van der Waals surface area contributed by atoms with Crippen molar-refractivity contribution in [3.63, 3.8) is 0 Å². The van der Waals surface area contributed by atoms with Gasteiger partial charge in [0.05, 0.1) is 10.9 Å². The molecule has 0 aliphatic heterocycles. The van der Waals surface area contributed by atoms with Gasteiger partial charge in [0.1, 0.15) is 12.1 Å². The molecular formula is C26H32N2O5S. The molecule has 0 bridgehead atoms. The first-order valence-corrected chi connectivity index (χ1v) is 12.9. The van der Waals surface area contributed by atoms with Crippen LogP contribution in [0.15, 0.2) is 70.4 Å². The minimum absolute atomic E-state index is 0.0362. The fraction of sp³-hybridized carbons (Fsp3) is 0.385. The van der Waals surface area contributed by atoms with Gasteiger partial charge < -0.3 is 10.4 Å². The van der Waals surface area contributed by atoms with E-state index >= 15 is 0 Å². The number of amides is 1. The fourth-order valence-electron chi connectivity index (χ4n) is 3.95. The van der Waals surface area contributed by atoms with Crippen LogP contribution >= 0.6 is 0 Å². The number of aliphatic hydroxyl groups is 1. The molecule has 3 N–H and O–H groups in total. The van der Waals surface area contributed by atoms with Gasteiger partial charge in [-0.15, -0.1) is 0 Å². The molecule has 0 aliphatic carbocycles. The van der Waals surface area contributed by atoms with Crippen molar-refractivity contribution in [1.29, 1.82) is 0 Å². The molecule has 1 unspecified atom stereocenters. The van der Waals surface area contributed by atoms with E-state index in [0.717, 1.165) is 5.56 Å². The van der Waals surface area contributed by atoms with Gasteiger partial charge in [-0.3, -0.25) is 9.59 Å². The third-order valence-electron chi connectivity index (χ3n) is 5.78. The van der Waals surface area contributed by atoms with Crippen molar-refractivity contribution in [2.24, 2.45) is 11.8 Å². The van der Waals surface area contributed by atoms with E-state index in [1.807, 2.05) is 45.9 Å². The molecule has 3 rings (SSSR count). The van der Waals surface area contributed by atoms with Crippen molar-refractivity contribution in [3.8, 4) is 11.1 Å². The average Bonchev–Trinajstić information content (AvgIpc) is 3.47. The SMILES string of the molecule is CC(C)C[C@H](NS(=O)(=O)c1ccccc1)C(=O)NC(C(C)C)[C@@H](O)c1c(-c2ccccc2)c1=O. The highest BCUT2D eigenvalue weighted by Crippen LogP contribution is 2.33. The Kier molecular flexibility index (Phi) is 8.07. The summed E-state index contributed by atoms with van der Waals surface area (Å²) in [5.41, 5.74) is 1.26. The van der Waals surface area contributed by atoms with E-state index in [-0.39, 0.29) is 34.1 Å². The maximum Gasteiger partial charge on any atom is 0.241 e. The topological polar surface area (TPSA) is 113 Å². The van der Waals surface area contributed by atoms with Gasteiger partial charge in [-0.25, -0.2) is 8.42 Å². The third kappa shape index (κ3) is 6.00. The van der Waals surface area contributed by atoms with Crippen molar-refractivity contribution < 1.29 is 18.3 Å². The Morgan fingerprint density at radius 3 is 2.03 bits per heavy atom. The molecule has 1 amide bonds. The van der Waals surface area contributed by atoms with Gasteiger partial charge in [-0.1, -0.05) is 76.2 Å². The van der Waals surface area contributed by atoms with Crippen LogP contribution in [0.4, 0.5) is 0 Å². The monoisotopic (exact) mass is 484 g/mol. The van der Waals surface area contributed by atoms with Gasteiger partial charge in [-0.2, -0.15) is 4.72 Å². The Balaban J connectivity index is 1.80. The number of aliphatic hydroxyl groups excluding tert-OH is 1. The van der Waals surface area contributed by atoms with Crippen LogP contribution < -0.4 is 15.5 Å². The maximum absolute atomic E-state index is 13.2. The summed E-state index contributed by atoms with van der Waals surface area (Å²) in [6.07, 6.45) is -0.924. The minimum Gasteiger partial charge on any atom is -0.386 e. The normalized spacial score (nSPS) is 14.9. The molecular weight excluding hydrogens is 452 g/mol. The zero-order valence-electron chi connectivity index (χ0n) is 19.9. The van der Waals surface area contributed by atoms with E-state index < -0.39 is 34.1 Å². The minimum atomic E-state index is -3.92. The number of carbonyl (C=O) groups excluding carboxylic acids is 1. The zero-order valence-corrected chi connectivity index (χ0v) is 20.7. The molecule has 0 aliphatic rings. The predicted molar refractivity (Wildman–Crippen MR) is 132 cm³/mol. The summed E-state index contributed by atoms with van der Waals surface area (Å²) in [6, 6.07) is 15.1. The summed E-state index contributed by atoms with van der Waals surface area (Å²) in [7, 11) is -3.92. The first-order chi connectivity index (χ1) is 16.0. The molecule has 0 heterocycles. The Morgan fingerprint density at radius 1 is 0.941 bits per heavy atom. The molecule has 3 aromatic rings. The summed E-state index contributed by atoms with van der Waals surface area (Å²) in [4.78, 5) is 25.8. The number of hydrogen-bond acceptors (Lipinski definition) is 5. The largest absolute Gasteiger partial charge is 0.386 e. The molecule has 0 radical (unpaired) electrons. The molecule has 0 aromatic heterocycles. The molecule has 3 atom stereocenters. The van der Waals surface area contributed by atoms with Crippen molar-refractivity contribution >= 4 is 15.9 Å². The van der Waals surface area contributed by atoms with E-state index in [1.165, 1.54) is 12.1 Å². The maximum atomic E-state index is 13.2. The number of rotatable bonds is 11. The van der Waals surface area contributed by atoms with E-state index in [2.05, 4.69) is 10.0 Å². The standard InChI is InChI=1S/C26H32N2O5S/c1-16(2)15-20(28-34(32,33)19-13-9-6-10-14-19)26(31)27-23(17(3)4)25(30)22-21(24(22)29)18-11-7-5-8-12-18/h5-14,16-17,20,23,25,28,30H,15H2,1-4H3,(H,27,31)/t20-,23?,25-/m0/s1. The number of benzene rings is 2. The van der Waals surface area contributed by atoms with Crippen LogP contribution in [0.25, 0.3) is 11.1 Å². The van der Waals surface area contributed by atoms with Gasteiger partial charge in [0, 0.05) is 11.1 Å². The molecule has 0 spiro atoms. The number of hydrogen-bond donors (Lipinski definition) is 3. The van der Waals surface area contributed by atoms with Crippen LogP contribution in [-0.4, -0.2) is 31.5 Å². The van der Waals surface area contributed by atoms with Crippen molar-refractivity contribution in [3.05, 3.63) is 76.5 Å². The number of carbonyl (C=O) groups is 1. The lowest BCUT2D eigenvalue weighted by Gasteiger charge is -2.29. The Hall–Kier alpha value is -2.81. The molecule has 34 heavy (non-hydrogen) atoms. The highest BCUT2D eigenvalue weighted by Gasteiger charge is 2.38. The van der Waals surface area contributed by atoms with Gasteiger partial charge in [0.2, 0.25) is 15.9 Å². The zero-order chi connectivity index (χ0) is 25.0. The summed E-state index contributed by atoms with van der Waals surface area (Å²) in [5, 5.41) is 13.8. The molecule has 8 heteroatoms. The lowest BCUT2D eigenvalue weighted by atomic mass is 9.95. The molecule has 0 saturated carbocycles. The third-order valence-corrected chi connectivity index (χ3v) is 7.27. The van der Waals surface area contributed by atoms with Gasteiger partial charge in [0.15, 0.2) is 5.43 Å². The first kappa shape index (κ1) is 25.8. The second-order valence-corrected chi connectivity index (χ2v) is 11.0. The number of nitrogens with one attached hydrogen (secondary N) is 2. The fourth-order valence-corrected chi connectivity index (χ4v) is 5.18. The van der Waals surface area contributed by atoms with Gasteiger partial charge in [0.25, 0.3) is 0 Å². The Morgan fingerprint density at radius 2 is 1.50 bits per heavy atom. The first-order valence-electron chi connectivity index (χ1n) is 11.4.